The second kappa shape index (κ2) is 7.18. The molecule has 26 heavy (non-hydrogen) atoms. The van der Waals surface area contributed by atoms with Gasteiger partial charge in [0.25, 0.3) is 11.8 Å². The van der Waals surface area contributed by atoms with Gasteiger partial charge in [-0.15, -0.1) is 0 Å². The molecule has 1 aliphatic rings. The summed E-state index contributed by atoms with van der Waals surface area (Å²) in [6.07, 6.45) is 1.40. The molecule has 0 aliphatic carbocycles. The molecule has 6 nitrogen and oxygen atoms in total. The second-order valence-electron chi connectivity index (χ2n) is 5.61. The molecule has 0 aromatic heterocycles. The minimum atomic E-state index is -0.809. The molecule has 0 spiro atoms. The Morgan fingerprint density at radius 1 is 1.04 bits per heavy atom. The third kappa shape index (κ3) is 3.61. The average Bonchev–Trinajstić information content (AvgIpc) is 2.64. The number of hydrogen-bond acceptors (Lipinski definition) is 4. The molecule has 1 saturated heterocycles. The molecule has 3 rings (SSSR count). The largest absolute Gasteiger partial charge is 0.497 e. The molecule has 132 valence electrons. The third-order valence-corrected chi connectivity index (χ3v) is 3.87. The van der Waals surface area contributed by atoms with E-state index in [-0.39, 0.29) is 12.1 Å². The van der Waals surface area contributed by atoms with Gasteiger partial charge < -0.3 is 4.74 Å². The van der Waals surface area contributed by atoms with Crippen LogP contribution in [0.1, 0.15) is 11.1 Å². The Labute approximate surface area is 148 Å². The topological polar surface area (TPSA) is 75.7 Å². The number of nitrogens with zero attached hydrogens (tertiary/aromatic N) is 1. The number of barbiturate groups is 1. The Morgan fingerprint density at radius 3 is 2.31 bits per heavy atom. The first-order valence-electron chi connectivity index (χ1n) is 7.75. The maximum atomic E-state index is 13.0. The molecule has 0 saturated carbocycles. The van der Waals surface area contributed by atoms with Gasteiger partial charge >= 0.3 is 6.03 Å². The number of rotatable bonds is 4. The van der Waals surface area contributed by atoms with Crippen molar-refractivity contribution in [2.24, 2.45) is 0 Å². The lowest BCUT2D eigenvalue weighted by atomic mass is 10.1. The highest BCUT2D eigenvalue weighted by molar-refractivity contribution is 6.30. The highest BCUT2D eigenvalue weighted by atomic mass is 19.1. The van der Waals surface area contributed by atoms with E-state index in [0.29, 0.717) is 16.9 Å². The highest BCUT2D eigenvalue weighted by Crippen LogP contribution is 2.19. The minimum Gasteiger partial charge on any atom is -0.497 e. The van der Waals surface area contributed by atoms with Crippen LogP contribution in [0.25, 0.3) is 6.08 Å². The van der Waals surface area contributed by atoms with Crippen molar-refractivity contribution in [3.05, 3.63) is 71.0 Å². The lowest BCUT2D eigenvalue weighted by molar-refractivity contribution is -0.130. The zero-order valence-electron chi connectivity index (χ0n) is 13.9. The van der Waals surface area contributed by atoms with Crippen LogP contribution < -0.4 is 10.1 Å². The number of urea groups is 1. The zero-order valence-corrected chi connectivity index (χ0v) is 13.9. The van der Waals surface area contributed by atoms with Crippen molar-refractivity contribution in [3.8, 4) is 5.75 Å². The Kier molecular flexibility index (Phi) is 4.79. The average molecular weight is 354 g/mol. The van der Waals surface area contributed by atoms with E-state index in [1.165, 1.54) is 37.5 Å². The summed E-state index contributed by atoms with van der Waals surface area (Å²) < 4.78 is 18.1. The smallest absolute Gasteiger partial charge is 0.331 e. The van der Waals surface area contributed by atoms with Crippen LogP contribution >= 0.6 is 0 Å². The molecular formula is C19H15FN2O4. The van der Waals surface area contributed by atoms with Gasteiger partial charge in [0, 0.05) is 0 Å². The molecule has 4 amide bonds. The number of carbonyl (C=O) groups is 3. The summed E-state index contributed by atoms with van der Waals surface area (Å²) in [5.74, 6) is -1.25. The number of benzene rings is 2. The van der Waals surface area contributed by atoms with Gasteiger partial charge in [-0.2, -0.15) is 0 Å². The van der Waals surface area contributed by atoms with Crippen molar-refractivity contribution in [1.82, 2.24) is 10.2 Å². The lowest BCUT2D eigenvalue weighted by Crippen LogP contribution is -2.53. The molecule has 1 aliphatic heterocycles. The molecular weight excluding hydrogens is 339 g/mol. The number of ether oxygens (including phenoxy) is 1. The summed E-state index contributed by atoms with van der Waals surface area (Å²) in [6, 6.07) is 11.4. The fourth-order valence-corrected chi connectivity index (χ4v) is 2.48. The molecule has 1 fully saturated rings. The van der Waals surface area contributed by atoms with Crippen LogP contribution in [-0.4, -0.2) is 29.9 Å². The number of methoxy groups -OCH3 is 1. The van der Waals surface area contributed by atoms with E-state index in [1.807, 2.05) is 0 Å². The Hall–Kier alpha value is -3.48. The zero-order chi connectivity index (χ0) is 18.7. The number of carbonyl (C=O) groups excluding carboxylic acids is 3. The molecule has 2 aromatic carbocycles. The van der Waals surface area contributed by atoms with Crippen LogP contribution in [0.2, 0.25) is 0 Å². The van der Waals surface area contributed by atoms with Gasteiger partial charge in [-0.05, 0) is 41.5 Å². The first kappa shape index (κ1) is 17.3. The van der Waals surface area contributed by atoms with E-state index in [4.69, 9.17) is 4.74 Å². The highest BCUT2D eigenvalue weighted by Gasteiger charge is 2.35. The second-order valence-corrected chi connectivity index (χ2v) is 5.61. The maximum Gasteiger partial charge on any atom is 0.331 e. The van der Waals surface area contributed by atoms with Crippen LogP contribution in [0.15, 0.2) is 54.1 Å². The van der Waals surface area contributed by atoms with Gasteiger partial charge in [0.05, 0.1) is 13.7 Å². The van der Waals surface area contributed by atoms with E-state index in [0.717, 1.165) is 4.90 Å². The van der Waals surface area contributed by atoms with Gasteiger partial charge in [0.2, 0.25) is 0 Å². The van der Waals surface area contributed by atoms with E-state index < -0.39 is 23.7 Å². The first-order valence-corrected chi connectivity index (χ1v) is 7.75. The molecule has 2 aromatic rings. The summed E-state index contributed by atoms with van der Waals surface area (Å²) in [6.45, 7) is -0.0713. The van der Waals surface area contributed by atoms with Crippen molar-refractivity contribution in [1.29, 1.82) is 0 Å². The normalized spacial score (nSPS) is 16.0. The molecule has 0 atom stereocenters. The Balaban J connectivity index is 1.86. The minimum absolute atomic E-state index is 0.0713. The van der Waals surface area contributed by atoms with Gasteiger partial charge in [0.15, 0.2) is 0 Å². The monoisotopic (exact) mass is 354 g/mol. The number of hydrogen-bond donors (Lipinski definition) is 1. The summed E-state index contributed by atoms with van der Waals surface area (Å²) in [5.41, 5.74) is 1.02. The lowest BCUT2D eigenvalue weighted by Gasteiger charge is -2.26. The van der Waals surface area contributed by atoms with Crippen molar-refractivity contribution < 1.29 is 23.5 Å². The third-order valence-electron chi connectivity index (χ3n) is 3.87. The van der Waals surface area contributed by atoms with Crippen LogP contribution in [0.4, 0.5) is 9.18 Å². The molecule has 0 unspecified atom stereocenters. The Morgan fingerprint density at radius 2 is 1.69 bits per heavy atom. The van der Waals surface area contributed by atoms with Crippen LogP contribution in [0.3, 0.4) is 0 Å². The standard InChI is InChI=1S/C19H15FN2O4/c1-26-15-8-4-12(5-9-15)10-16-17(23)21-19(25)22(18(16)24)11-13-2-6-14(20)7-3-13/h2-10H,11H2,1H3,(H,21,23,25). The number of nitrogens with one attached hydrogen (secondary N) is 1. The van der Waals surface area contributed by atoms with Crippen molar-refractivity contribution in [2.75, 3.05) is 7.11 Å². The fraction of sp³-hybridized carbons (Fsp3) is 0.105. The van der Waals surface area contributed by atoms with E-state index in [9.17, 15) is 18.8 Å². The molecule has 1 N–H and O–H groups in total. The van der Waals surface area contributed by atoms with Crippen LogP contribution in [0.5, 0.6) is 5.75 Å². The Bertz CT molecular complexity index is 889. The molecule has 0 radical (unpaired) electrons. The van der Waals surface area contributed by atoms with Gasteiger partial charge in [-0.3, -0.25) is 19.8 Å². The van der Waals surface area contributed by atoms with Crippen molar-refractivity contribution >= 4 is 23.9 Å². The summed E-state index contributed by atoms with van der Waals surface area (Å²) in [7, 11) is 1.53. The molecule has 0 bridgehead atoms. The van der Waals surface area contributed by atoms with Crippen molar-refractivity contribution in [2.45, 2.75) is 6.54 Å². The first-order chi connectivity index (χ1) is 12.5. The van der Waals surface area contributed by atoms with E-state index in [2.05, 4.69) is 5.32 Å². The summed E-state index contributed by atoms with van der Waals surface area (Å²) in [5, 5.41) is 2.14. The SMILES string of the molecule is COc1ccc(C=C2C(=O)NC(=O)N(Cc3ccc(F)cc3)C2=O)cc1. The predicted octanol–water partition coefficient (Wildman–Crippen LogP) is 2.50. The van der Waals surface area contributed by atoms with Crippen molar-refractivity contribution in [3.63, 3.8) is 0 Å². The van der Waals surface area contributed by atoms with Gasteiger partial charge in [-0.1, -0.05) is 24.3 Å². The summed E-state index contributed by atoms with van der Waals surface area (Å²) in [4.78, 5) is 37.6. The molecule has 7 heteroatoms. The van der Waals surface area contributed by atoms with Gasteiger partial charge in [0.1, 0.15) is 17.1 Å². The number of halogens is 1. The van der Waals surface area contributed by atoms with E-state index >= 15 is 0 Å². The fourth-order valence-electron chi connectivity index (χ4n) is 2.48. The number of imide groups is 2. The molecule has 1 heterocycles. The van der Waals surface area contributed by atoms with Crippen LogP contribution in [0, 0.1) is 5.82 Å². The predicted molar refractivity (Wildman–Crippen MR) is 91.5 cm³/mol. The van der Waals surface area contributed by atoms with Crippen LogP contribution in [-0.2, 0) is 16.1 Å². The summed E-state index contributed by atoms with van der Waals surface area (Å²) >= 11 is 0. The maximum absolute atomic E-state index is 13.0. The quantitative estimate of drug-likeness (QED) is 0.676. The van der Waals surface area contributed by atoms with Gasteiger partial charge in [-0.25, -0.2) is 9.18 Å². The van der Waals surface area contributed by atoms with E-state index in [1.54, 1.807) is 24.3 Å². The number of amides is 4.